The van der Waals surface area contributed by atoms with Crippen molar-refractivity contribution in [3.63, 3.8) is 0 Å². The summed E-state index contributed by atoms with van der Waals surface area (Å²) in [4.78, 5) is 24.3. The van der Waals surface area contributed by atoms with Crippen molar-refractivity contribution in [1.82, 2.24) is 4.98 Å². The molecule has 0 radical (unpaired) electrons. The van der Waals surface area contributed by atoms with Crippen LogP contribution in [0.4, 0.5) is 16.5 Å². The minimum absolute atomic E-state index is 0.162. The van der Waals surface area contributed by atoms with E-state index in [-0.39, 0.29) is 5.91 Å². The van der Waals surface area contributed by atoms with Crippen molar-refractivity contribution in [2.24, 2.45) is 4.99 Å². The molecule has 5 nitrogen and oxygen atoms in total. The van der Waals surface area contributed by atoms with Crippen LogP contribution in [0, 0.1) is 0 Å². The highest BCUT2D eigenvalue weighted by Crippen LogP contribution is 2.35. The molecule has 0 saturated carbocycles. The second kappa shape index (κ2) is 7.20. The zero-order valence-electron chi connectivity index (χ0n) is 15.4. The Kier molecular flexibility index (Phi) is 4.41. The molecule has 1 fully saturated rings. The van der Waals surface area contributed by atoms with Gasteiger partial charge in [-0.05, 0) is 30.5 Å². The van der Waals surface area contributed by atoms with Crippen LogP contribution < -0.4 is 10.2 Å². The number of anilines is 2. The molecule has 2 aliphatic heterocycles. The van der Waals surface area contributed by atoms with Gasteiger partial charge in [-0.3, -0.25) is 15.1 Å². The van der Waals surface area contributed by atoms with E-state index >= 15 is 0 Å². The standard InChI is InChI=1S/C22H20N4OS/c27-21(25-22-23-10-13-28-22)17-8-5-6-15-14-18(24-20(15)17)16-7-1-2-9-19(16)26-11-3-4-12-26/h1-2,5-10,13H,3-4,11-12,14H2,(H,23,25,27). The molecule has 0 atom stereocenters. The molecular formula is C22H20N4OS. The van der Waals surface area contributed by atoms with E-state index in [0.29, 0.717) is 10.7 Å². The fourth-order valence-electron chi connectivity index (χ4n) is 3.96. The molecule has 140 valence electrons. The van der Waals surface area contributed by atoms with Crippen molar-refractivity contribution in [3.8, 4) is 0 Å². The van der Waals surface area contributed by atoms with Crippen LogP contribution in [0.25, 0.3) is 0 Å². The molecule has 3 heterocycles. The van der Waals surface area contributed by atoms with Crippen molar-refractivity contribution < 1.29 is 4.79 Å². The predicted octanol–water partition coefficient (Wildman–Crippen LogP) is 4.67. The van der Waals surface area contributed by atoms with E-state index in [0.717, 1.165) is 36.5 Å². The van der Waals surface area contributed by atoms with Crippen LogP contribution >= 0.6 is 11.3 Å². The number of carbonyl (C=O) groups is 1. The van der Waals surface area contributed by atoms with E-state index in [2.05, 4.69) is 45.5 Å². The maximum Gasteiger partial charge on any atom is 0.259 e. The number of hydrogen-bond acceptors (Lipinski definition) is 5. The number of hydrogen-bond donors (Lipinski definition) is 1. The number of nitrogens with zero attached hydrogens (tertiary/aromatic N) is 3. The molecule has 0 spiro atoms. The number of amides is 1. The molecule has 6 heteroatoms. The van der Waals surface area contributed by atoms with Gasteiger partial charge in [0.15, 0.2) is 5.13 Å². The van der Waals surface area contributed by atoms with E-state index in [1.165, 1.54) is 35.4 Å². The summed E-state index contributed by atoms with van der Waals surface area (Å²) in [6, 6.07) is 14.3. The van der Waals surface area contributed by atoms with E-state index in [1.807, 2.05) is 17.5 Å². The second-order valence-electron chi connectivity index (χ2n) is 7.05. The van der Waals surface area contributed by atoms with Gasteiger partial charge in [-0.25, -0.2) is 4.98 Å². The van der Waals surface area contributed by atoms with Gasteiger partial charge >= 0.3 is 0 Å². The Balaban J connectivity index is 1.49. The average Bonchev–Trinajstić information content (AvgIpc) is 3.48. The van der Waals surface area contributed by atoms with Gasteiger partial charge in [0.25, 0.3) is 5.91 Å². The van der Waals surface area contributed by atoms with E-state index in [9.17, 15) is 4.79 Å². The van der Waals surface area contributed by atoms with E-state index in [1.54, 1.807) is 6.20 Å². The molecule has 0 bridgehead atoms. The predicted molar refractivity (Wildman–Crippen MR) is 114 cm³/mol. The molecule has 2 aromatic carbocycles. The Labute approximate surface area is 167 Å². The monoisotopic (exact) mass is 388 g/mol. The molecule has 2 aliphatic rings. The SMILES string of the molecule is O=C(Nc1nccs1)c1cccc2c1N=C(c1ccccc1N1CCCC1)C2. The zero-order valence-corrected chi connectivity index (χ0v) is 16.2. The molecule has 28 heavy (non-hydrogen) atoms. The lowest BCUT2D eigenvalue weighted by Crippen LogP contribution is -2.20. The molecule has 1 N–H and O–H groups in total. The number of nitrogens with one attached hydrogen (secondary N) is 1. The maximum absolute atomic E-state index is 12.8. The first kappa shape index (κ1) is 17.1. The summed E-state index contributed by atoms with van der Waals surface area (Å²) in [6.07, 6.45) is 4.91. The van der Waals surface area contributed by atoms with Gasteiger partial charge in [-0.15, -0.1) is 11.3 Å². The first-order chi connectivity index (χ1) is 13.8. The van der Waals surface area contributed by atoms with Crippen molar-refractivity contribution >= 4 is 39.5 Å². The summed E-state index contributed by atoms with van der Waals surface area (Å²) in [5.74, 6) is -0.162. The second-order valence-corrected chi connectivity index (χ2v) is 7.95. The number of rotatable bonds is 4. The molecular weight excluding hydrogens is 368 g/mol. The van der Waals surface area contributed by atoms with Crippen LogP contribution in [0.15, 0.2) is 59.0 Å². The summed E-state index contributed by atoms with van der Waals surface area (Å²) in [5.41, 5.74) is 5.93. The largest absolute Gasteiger partial charge is 0.371 e. The van der Waals surface area contributed by atoms with Crippen LogP contribution in [0.2, 0.25) is 0 Å². The molecule has 5 rings (SSSR count). The molecule has 3 aromatic rings. The topological polar surface area (TPSA) is 57.6 Å². The van der Waals surface area contributed by atoms with Gasteiger partial charge in [-0.2, -0.15) is 0 Å². The van der Waals surface area contributed by atoms with Gasteiger partial charge in [0, 0.05) is 42.3 Å². The van der Waals surface area contributed by atoms with Crippen LogP contribution in [-0.4, -0.2) is 29.7 Å². The number of thiazole rings is 1. The quantitative estimate of drug-likeness (QED) is 0.706. The Morgan fingerprint density at radius 1 is 1.07 bits per heavy atom. The van der Waals surface area contributed by atoms with Crippen LogP contribution in [0.3, 0.4) is 0 Å². The minimum atomic E-state index is -0.162. The van der Waals surface area contributed by atoms with Crippen LogP contribution in [0.5, 0.6) is 0 Å². The smallest absolute Gasteiger partial charge is 0.259 e. The maximum atomic E-state index is 12.8. The Morgan fingerprint density at radius 3 is 2.75 bits per heavy atom. The number of aliphatic imine (C=N–C) groups is 1. The fourth-order valence-corrected chi connectivity index (χ4v) is 4.48. The van der Waals surface area contributed by atoms with Gasteiger partial charge in [0.2, 0.25) is 0 Å². The number of benzene rings is 2. The van der Waals surface area contributed by atoms with Crippen molar-refractivity contribution in [1.29, 1.82) is 0 Å². The number of carbonyl (C=O) groups excluding carboxylic acids is 1. The summed E-state index contributed by atoms with van der Waals surface area (Å²) in [7, 11) is 0. The Morgan fingerprint density at radius 2 is 1.93 bits per heavy atom. The molecule has 1 saturated heterocycles. The van der Waals surface area contributed by atoms with E-state index in [4.69, 9.17) is 4.99 Å². The third-order valence-corrected chi connectivity index (χ3v) is 5.97. The highest BCUT2D eigenvalue weighted by atomic mass is 32.1. The van der Waals surface area contributed by atoms with Gasteiger partial charge in [0.05, 0.1) is 17.0 Å². The molecule has 0 unspecified atom stereocenters. The minimum Gasteiger partial charge on any atom is -0.371 e. The summed E-state index contributed by atoms with van der Waals surface area (Å²) >= 11 is 1.41. The highest BCUT2D eigenvalue weighted by Gasteiger charge is 2.25. The molecule has 1 amide bonds. The van der Waals surface area contributed by atoms with Crippen molar-refractivity contribution in [3.05, 3.63) is 70.7 Å². The average molecular weight is 388 g/mol. The van der Waals surface area contributed by atoms with Crippen LogP contribution in [0.1, 0.15) is 34.3 Å². The first-order valence-electron chi connectivity index (χ1n) is 9.54. The highest BCUT2D eigenvalue weighted by molar-refractivity contribution is 7.13. The summed E-state index contributed by atoms with van der Waals surface area (Å²) in [6.45, 7) is 2.19. The van der Waals surface area contributed by atoms with Crippen molar-refractivity contribution in [2.75, 3.05) is 23.3 Å². The molecule has 1 aromatic heterocycles. The fraction of sp³-hybridized carbons (Fsp3) is 0.227. The first-order valence-corrected chi connectivity index (χ1v) is 10.4. The van der Waals surface area contributed by atoms with Crippen molar-refractivity contribution in [2.45, 2.75) is 19.3 Å². The third-order valence-electron chi connectivity index (χ3n) is 5.28. The molecule has 0 aliphatic carbocycles. The summed E-state index contributed by atoms with van der Waals surface area (Å²) < 4.78 is 0. The Hall–Kier alpha value is -2.99. The summed E-state index contributed by atoms with van der Waals surface area (Å²) in [5, 5.41) is 5.31. The number of para-hydroxylation sites is 2. The lowest BCUT2D eigenvalue weighted by Gasteiger charge is -2.21. The zero-order chi connectivity index (χ0) is 18.9. The van der Waals surface area contributed by atoms with Gasteiger partial charge < -0.3 is 4.90 Å². The Bertz CT molecular complexity index is 1050. The normalized spacial score (nSPS) is 15.4. The lowest BCUT2D eigenvalue weighted by atomic mass is 10.0. The van der Waals surface area contributed by atoms with Gasteiger partial charge in [-0.1, -0.05) is 30.3 Å². The number of aromatic nitrogens is 1. The number of fused-ring (bicyclic) bond motifs is 1. The van der Waals surface area contributed by atoms with Crippen LogP contribution in [-0.2, 0) is 6.42 Å². The lowest BCUT2D eigenvalue weighted by molar-refractivity contribution is 0.102. The van der Waals surface area contributed by atoms with Gasteiger partial charge in [0.1, 0.15) is 0 Å². The third kappa shape index (κ3) is 3.10. The van der Waals surface area contributed by atoms with E-state index < -0.39 is 0 Å².